The molecule has 23 heavy (non-hydrogen) atoms. The molecular weight excluding hydrogens is 288 g/mol. The molecule has 0 spiro atoms. The quantitative estimate of drug-likeness (QED) is 0.741. The molecule has 5 heteroatoms. The lowest BCUT2D eigenvalue weighted by atomic mass is 10.00. The highest BCUT2D eigenvalue weighted by atomic mass is 16.5. The van der Waals surface area contributed by atoms with Gasteiger partial charge < -0.3 is 9.30 Å². The third-order valence-corrected chi connectivity index (χ3v) is 4.67. The molecule has 0 radical (unpaired) electrons. The number of pyridine rings is 2. The zero-order chi connectivity index (χ0) is 15.6. The minimum atomic E-state index is 0.656. The molecule has 4 heterocycles. The van der Waals surface area contributed by atoms with E-state index in [1.165, 1.54) is 0 Å². The maximum absolute atomic E-state index is 5.51. The number of aryl methyl sites for hydroxylation is 1. The molecule has 3 aromatic heterocycles. The van der Waals surface area contributed by atoms with E-state index in [2.05, 4.69) is 21.5 Å². The molecule has 1 saturated heterocycles. The van der Waals surface area contributed by atoms with Crippen LogP contribution in [0.15, 0.2) is 24.5 Å². The number of rotatable bonds is 4. The monoisotopic (exact) mass is 310 g/mol. The second-order valence-electron chi connectivity index (χ2n) is 6.31. The molecule has 0 aliphatic carbocycles. The summed E-state index contributed by atoms with van der Waals surface area (Å²) < 4.78 is 7.90. The van der Waals surface area contributed by atoms with Crippen LogP contribution in [0.4, 0.5) is 0 Å². The van der Waals surface area contributed by atoms with Crippen LogP contribution in [0.5, 0.6) is 0 Å². The van der Waals surface area contributed by atoms with Crippen LogP contribution in [-0.4, -0.2) is 32.7 Å². The van der Waals surface area contributed by atoms with Crippen molar-refractivity contribution < 1.29 is 4.74 Å². The first-order valence-electron chi connectivity index (χ1n) is 8.53. The normalized spacial score (nSPS) is 16.4. The summed E-state index contributed by atoms with van der Waals surface area (Å²) in [6.45, 7) is 4.96. The summed E-state index contributed by atoms with van der Waals surface area (Å²) >= 11 is 0. The smallest absolute Gasteiger partial charge is 0.115 e. The number of aromatic nitrogens is 4. The average molecular weight is 310 g/mol. The Hall–Kier alpha value is -2.01. The van der Waals surface area contributed by atoms with Gasteiger partial charge in [-0.1, -0.05) is 6.92 Å². The molecule has 0 atom stereocenters. The molecule has 1 aliphatic heterocycles. The van der Waals surface area contributed by atoms with Crippen molar-refractivity contribution in [3.63, 3.8) is 0 Å². The molecule has 0 saturated carbocycles. The lowest BCUT2D eigenvalue weighted by Crippen LogP contribution is -2.21. The maximum Gasteiger partial charge on any atom is 0.115 e. The lowest BCUT2D eigenvalue weighted by molar-refractivity contribution is 0.0613. The molecule has 0 amide bonds. The summed E-state index contributed by atoms with van der Waals surface area (Å²) in [6, 6.07) is 3.96. The molecule has 0 N–H and O–H groups in total. The van der Waals surface area contributed by atoms with Gasteiger partial charge in [-0.15, -0.1) is 0 Å². The fraction of sp³-hybridized carbons (Fsp3) is 0.500. The van der Waals surface area contributed by atoms with E-state index in [4.69, 9.17) is 9.72 Å². The maximum atomic E-state index is 5.51. The standard InChI is InChI=1S/C18H22N4O/c1-2-4-16-21-15-11-20-14-5-3-8-19-17(14)18(15)22(16)12-13-6-9-23-10-7-13/h3,5,8,11,13H,2,4,6-7,9-10,12H2,1H3. The molecule has 1 aliphatic rings. The average Bonchev–Trinajstić information content (AvgIpc) is 2.94. The summed E-state index contributed by atoms with van der Waals surface area (Å²) in [5.41, 5.74) is 4.01. The molecule has 3 aromatic rings. The van der Waals surface area contributed by atoms with Gasteiger partial charge in [0.2, 0.25) is 0 Å². The topological polar surface area (TPSA) is 52.8 Å². The molecule has 120 valence electrons. The Morgan fingerprint density at radius 1 is 1.22 bits per heavy atom. The van der Waals surface area contributed by atoms with Crippen molar-refractivity contribution in [3.05, 3.63) is 30.4 Å². The van der Waals surface area contributed by atoms with Crippen molar-refractivity contribution in [2.24, 2.45) is 5.92 Å². The van der Waals surface area contributed by atoms with Gasteiger partial charge in [-0.2, -0.15) is 0 Å². The van der Waals surface area contributed by atoms with Gasteiger partial charge in [0.05, 0.1) is 17.2 Å². The first kappa shape index (κ1) is 14.6. The lowest BCUT2D eigenvalue weighted by Gasteiger charge is -2.23. The van der Waals surface area contributed by atoms with Crippen molar-refractivity contribution in [1.29, 1.82) is 0 Å². The van der Waals surface area contributed by atoms with Gasteiger partial charge in [0.1, 0.15) is 16.9 Å². The zero-order valence-electron chi connectivity index (χ0n) is 13.5. The highest BCUT2D eigenvalue weighted by Gasteiger charge is 2.20. The Kier molecular flexibility index (Phi) is 3.95. The first-order valence-corrected chi connectivity index (χ1v) is 8.53. The second-order valence-corrected chi connectivity index (χ2v) is 6.31. The minimum absolute atomic E-state index is 0.656. The van der Waals surface area contributed by atoms with Gasteiger partial charge >= 0.3 is 0 Å². The van der Waals surface area contributed by atoms with E-state index in [-0.39, 0.29) is 0 Å². The molecule has 0 aromatic carbocycles. The van der Waals surface area contributed by atoms with E-state index in [1.807, 2.05) is 24.5 Å². The first-order chi connectivity index (χ1) is 11.4. The van der Waals surface area contributed by atoms with Crippen LogP contribution in [0.1, 0.15) is 32.0 Å². The van der Waals surface area contributed by atoms with Gasteiger partial charge in [-0.25, -0.2) is 4.98 Å². The van der Waals surface area contributed by atoms with Crippen LogP contribution in [0.2, 0.25) is 0 Å². The Morgan fingerprint density at radius 3 is 2.91 bits per heavy atom. The molecular formula is C18H22N4O. The second kappa shape index (κ2) is 6.24. The van der Waals surface area contributed by atoms with Crippen LogP contribution in [0, 0.1) is 5.92 Å². The summed E-state index contributed by atoms with van der Waals surface area (Å²) in [7, 11) is 0. The third kappa shape index (κ3) is 2.70. The van der Waals surface area contributed by atoms with E-state index in [1.54, 1.807) is 0 Å². The van der Waals surface area contributed by atoms with Gasteiger partial charge in [0, 0.05) is 32.4 Å². The van der Waals surface area contributed by atoms with Crippen LogP contribution < -0.4 is 0 Å². The van der Waals surface area contributed by atoms with Crippen LogP contribution in [0.25, 0.3) is 22.1 Å². The Balaban J connectivity index is 1.86. The molecule has 4 rings (SSSR count). The van der Waals surface area contributed by atoms with Crippen LogP contribution >= 0.6 is 0 Å². The summed E-state index contributed by atoms with van der Waals surface area (Å²) in [5, 5.41) is 0. The molecule has 0 bridgehead atoms. The van der Waals surface area contributed by atoms with E-state index in [9.17, 15) is 0 Å². The van der Waals surface area contributed by atoms with Crippen molar-refractivity contribution in [1.82, 2.24) is 19.5 Å². The van der Waals surface area contributed by atoms with Gasteiger partial charge in [-0.3, -0.25) is 9.97 Å². The highest BCUT2D eigenvalue weighted by molar-refractivity contribution is 5.99. The Morgan fingerprint density at radius 2 is 2.09 bits per heavy atom. The number of hydrogen-bond acceptors (Lipinski definition) is 4. The third-order valence-electron chi connectivity index (χ3n) is 4.67. The minimum Gasteiger partial charge on any atom is -0.381 e. The summed E-state index contributed by atoms with van der Waals surface area (Å²) in [4.78, 5) is 13.9. The van der Waals surface area contributed by atoms with Crippen molar-refractivity contribution in [2.45, 2.75) is 39.2 Å². The number of imidazole rings is 1. The van der Waals surface area contributed by atoms with Gasteiger partial charge in [0.25, 0.3) is 0 Å². The number of ether oxygens (including phenoxy) is 1. The molecule has 1 fully saturated rings. The van der Waals surface area contributed by atoms with E-state index >= 15 is 0 Å². The Bertz CT molecular complexity index is 820. The fourth-order valence-corrected chi connectivity index (χ4v) is 3.47. The van der Waals surface area contributed by atoms with Crippen LogP contribution in [0.3, 0.4) is 0 Å². The SMILES string of the molecule is CCCc1nc2cnc3cccnc3c2n1CC1CCOCC1. The van der Waals surface area contributed by atoms with Crippen molar-refractivity contribution in [3.8, 4) is 0 Å². The number of nitrogens with zero attached hydrogens (tertiary/aromatic N) is 4. The van der Waals surface area contributed by atoms with Crippen molar-refractivity contribution >= 4 is 22.1 Å². The van der Waals surface area contributed by atoms with Gasteiger partial charge in [0.15, 0.2) is 0 Å². The molecule has 5 nitrogen and oxygen atoms in total. The van der Waals surface area contributed by atoms with Crippen LogP contribution in [-0.2, 0) is 17.7 Å². The predicted molar refractivity (Wildman–Crippen MR) is 90.4 cm³/mol. The predicted octanol–water partition coefficient (Wildman–Crippen LogP) is 3.36. The number of fused-ring (bicyclic) bond motifs is 3. The van der Waals surface area contributed by atoms with E-state index in [0.717, 1.165) is 73.3 Å². The van der Waals surface area contributed by atoms with Crippen molar-refractivity contribution in [2.75, 3.05) is 13.2 Å². The highest BCUT2D eigenvalue weighted by Crippen LogP contribution is 2.27. The summed E-state index contributed by atoms with van der Waals surface area (Å²) in [6.07, 6.45) is 8.07. The Labute approximate surface area is 135 Å². The van der Waals surface area contributed by atoms with E-state index in [0.29, 0.717) is 5.92 Å². The largest absolute Gasteiger partial charge is 0.381 e. The summed E-state index contributed by atoms with van der Waals surface area (Å²) in [5.74, 6) is 1.82. The fourth-order valence-electron chi connectivity index (χ4n) is 3.47. The van der Waals surface area contributed by atoms with Gasteiger partial charge in [-0.05, 0) is 37.3 Å². The van der Waals surface area contributed by atoms with E-state index < -0.39 is 0 Å². The molecule has 0 unspecified atom stereocenters. The zero-order valence-corrected chi connectivity index (χ0v) is 13.5. The number of hydrogen-bond donors (Lipinski definition) is 0.